The van der Waals surface area contributed by atoms with E-state index in [-0.39, 0.29) is 12.3 Å². The van der Waals surface area contributed by atoms with Crippen LogP contribution in [0, 0.1) is 0 Å². The zero-order valence-corrected chi connectivity index (χ0v) is 13.9. The van der Waals surface area contributed by atoms with Gasteiger partial charge in [0.1, 0.15) is 17.2 Å². The second-order valence-corrected chi connectivity index (χ2v) is 6.27. The standard InChI is InChI=1S/C16H18N4O3S/c1-24-8-7-11-16(17-9-14(22)19-23)20-13(18-11)6-5-10-3-2-4-12(21)15(10)20/h2-6,17,21,23H,7-9H2,1H3,(H,19,22). The third-order valence-corrected chi connectivity index (χ3v) is 4.35. The quantitative estimate of drug-likeness (QED) is 0.403. The highest BCUT2D eigenvalue weighted by Gasteiger charge is 2.16. The van der Waals surface area contributed by atoms with Gasteiger partial charge >= 0.3 is 0 Å². The van der Waals surface area contributed by atoms with E-state index in [0.717, 1.165) is 23.3 Å². The highest BCUT2D eigenvalue weighted by Crippen LogP contribution is 2.30. The molecule has 3 rings (SSSR count). The molecule has 0 unspecified atom stereocenters. The van der Waals surface area contributed by atoms with Gasteiger partial charge in [-0.15, -0.1) is 0 Å². The van der Waals surface area contributed by atoms with Gasteiger partial charge in [0.2, 0.25) is 0 Å². The Bertz CT molecular complexity index is 894. The normalized spacial score (nSPS) is 11.1. The van der Waals surface area contributed by atoms with Crippen molar-refractivity contribution in [1.29, 1.82) is 0 Å². The van der Waals surface area contributed by atoms with Crippen LogP contribution in [-0.4, -0.2) is 44.2 Å². The molecule has 0 aliphatic carbocycles. The summed E-state index contributed by atoms with van der Waals surface area (Å²) in [5.41, 5.74) is 3.73. The fraction of sp³-hybridized carbons (Fsp3) is 0.250. The Hall–Kier alpha value is -2.45. The number of phenolic OH excluding ortho intramolecular Hbond substituents is 1. The molecular formula is C16H18N4O3S. The molecule has 2 heterocycles. The molecule has 126 valence electrons. The van der Waals surface area contributed by atoms with Gasteiger partial charge < -0.3 is 10.4 Å². The molecule has 1 aromatic carbocycles. The number of para-hydroxylation sites is 1. The number of thioether (sulfide) groups is 1. The summed E-state index contributed by atoms with van der Waals surface area (Å²) in [6, 6.07) is 9.08. The van der Waals surface area contributed by atoms with Gasteiger partial charge in [0.25, 0.3) is 5.91 Å². The summed E-state index contributed by atoms with van der Waals surface area (Å²) in [4.78, 5) is 16.0. The minimum absolute atomic E-state index is 0.0967. The second-order valence-electron chi connectivity index (χ2n) is 5.28. The first-order valence-electron chi connectivity index (χ1n) is 7.43. The highest BCUT2D eigenvalue weighted by atomic mass is 32.2. The number of aromatic nitrogens is 2. The lowest BCUT2D eigenvalue weighted by Crippen LogP contribution is -2.27. The van der Waals surface area contributed by atoms with E-state index in [1.165, 1.54) is 0 Å². The number of nitrogens with one attached hydrogen (secondary N) is 2. The minimum atomic E-state index is -0.551. The maximum absolute atomic E-state index is 11.4. The number of benzene rings is 1. The monoisotopic (exact) mass is 346 g/mol. The van der Waals surface area contributed by atoms with Crippen LogP contribution in [-0.2, 0) is 11.2 Å². The van der Waals surface area contributed by atoms with Crippen molar-refractivity contribution in [1.82, 2.24) is 14.9 Å². The first kappa shape index (κ1) is 16.4. The smallest absolute Gasteiger partial charge is 0.262 e. The summed E-state index contributed by atoms with van der Waals surface area (Å²) in [6.07, 6.45) is 2.74. The first-order chi connectivity index (χ1) is 11.7. The van der Waals surface area contributed by atoms with Crippen LogP contribution < -0.4 is 10.8 Å². The highest BCUT2D eigenvalue weighted by molar-refractivity contribution is 7.98. The molecule has 8 heteroatoms. The van der Waals surface area contributed by atoms with Crippen LogP contribution >= 0.6 is 11.8 Å². The molecule has 1 amide bonds. The lowest BCUT2D eigenvalue weighted by molar-refractivity contribution is -0.127. The maximum Gasteiger partial charge on any atom is 0.262 e. The average Bonchev–Trinajstić information content (AvgIpc) is 2.95. The number of hydrogen-bond acceptors (Lipinski definition) is 6. The maximum atomic E-state index is 11.4. The lowest BCUT2D eigenvalue weighted by atomic mass is 10.2. The van der Waals surface area contributed by atoms with E-state index in [9.17, 15) is 9.90 Å². The SMILES string of the molecule is CSCCc1nc2ccc3cccc(O)c3n2c1NCC(=O)NO. The fourth-order valence-corrected chi connectivity index (χ4v) is 3.07. The van der Waals surface area contributed by atoms with Gasteiger partial charge in [-0.25, -0.2) is 10.5 Å². The van der Waals surface area contributed by atoms with E-state index in [4.69, 9.17) is 5.21 Å². The van der Waals surface area contributed by atoms with Gasteiger partial charge in [-0.05, 0) is 30.2 Å². The van der Waals surface area contributed by atoms with Crippen LogP contribution in [0.15, 0.2) is 30.3 Å². The summed E-state index contributed by atoms with van der Waals surface area (Å²) < 4.78 is 1.81. The molecule has 2 aromatic heterocycles. The zero-order valence-electron chi connectivity index (χ0n) is 13.1. The number of rotatable bonds is 6. The number of nitrogens with zero attached hydrogens (tertiary/aromatic N) is 2. The molecule has 4 N–H and O–H groups in total. The van der Waals surface area contributed by atoms with Crippen LogP contribution in [0.2, 0.25) is 0 Å². The van der Waals surface area contributed by atoms with Crippen molar-refractivity contribution in [2.75, 3.05) is 23.9 Å². The Morgan fingerprint density at radius 2 is 2.17 bits per heavy atom. The number of hydrogen-bond donors (Lipinski definition) is 4. The Balaban J connectivity index is 2.19. The third kappa shape index (κ3) is 2.98. The Morgan fingerprint density at radius 1 is 1.33 bits per heavy atom. The molecule has 0 atom stereocenters. The number of phenols is 1. The number of amides is 1. The summed E-state index contributed by atoms with van der Waals surface area (Å²) in [5, 5.41) is 22.9. The van der Waals surface area contributed by atoms with Crippen LogP contribution in [0.1, 0.15) is 5.69 Å². The number of imidazole rings is 1. The van der Waals surface area contributed by atoms with E-state index in [1.54, 1.807) is 29.4 Å². The van der Waals surface area contributed by atoms with Crippen LogP contribution in [0.3, 0.4) is 0 Å². The van der Waals surface area contributed by atoms with E-state index in [0.29, 0.717) is 17.0 Å². The molecule has 0 radical (unpaired) electrons. The molecule has 24 heavy (non-hydrogen) atoms. The second kappa shape index (κ2) is 6.98. The average molecular weight is 346 g/mol. The van der Waals surface area contributed by atoms with E-state index in [1.807, 2.05) is 28.9 Å². The molecule has 0 spiro atoms. The summed E-state index contributed by atoms with van der Waals surface area (Å²) >= 11 is 1.71. The zero-order chi connectivity index (χ0) is 17.1. The van der Waals surface area contributed by atoms with Crippen molar-refractivity contribution in [3.05, 3.63) is 36.0 Å². The Labute approximate surface area is 142 Å². The molecule has 0 saturated carbocycles. The van der Waals surface area contributed by atoms with Gasteiger partial charge in [-0.3, -0.25) is 14.4 Å². The van der Waals surface area contributed by atoms with Gasteiger partial charge in [-0.1, -0.05) is 12.1 Å². The fourth-order valence-electron chi connectivity index (χ4n) is 2.67. The van der Waals surface area contributed by atoms with E-state index < -0.39 is 5.91 Å². The minimum Gasteiger partial charge on any atom is -0.506 e. The number of fused-ring (bicyclic) bond motifs is 3. The number of carbonyl (C=O) groups excluding carboxylic acids is 1. The molecular weight excluding hydrogens is 328 g/mol. The van der Waals surface area contributed by atoms with Crippen molar-refractivity contribution >= 4 is 40.0 Å². The number of carbonyl (C=O) groups is 1. The number of aryl methyl sites for hydroxylation is 1. The topological polar surface area (TPSA) is 98.9 Å². The van der Waals surface area contributed by atoms with Crippen molar-refractivity contribution in [3.8, 4) is 5.75 Å². The largest absolute Gasteiger partial charge is 0.506 e. The number of hydroxylamine groups is 1. The van der Waals surface area contributed by atoms with Crippen LogP contribution in [0.5, 0.6) is 5.75 Å². The summed E-state index contributed by atoms with van der Waals surface area (Å²) in [6.45, 7) is -0.0967. The van der Waals surface area contributed by atoms with E-state index >= 15 is 0 Å². The molecule has 3 aromatic rings. The molecule has 0 aliphatic rings. The van der Waals surface area contributed by atoms with Gasteiger partial charge in [0.05, 0.1) is 17.8 Å². The molecule has 0 saturated heterocycles. The first-order valence-corrected chi connectivity index (χ1v) is 8.83. The van der Waals surface area contributed by atoms with Crippen LogP contribution in [0.4, 0.5) is 5.82 Å². The predicted octanol–water partition coefficient (Wildman–Crippen LogP) is 2.02. The Kier molecular flexibility index (Phi) is 4.77. The number of pyridine rings is 1. The summed E-state index contributed by atoms with van der Waals surface area (Å²) in [7, 11) is 0. The lowest BCUT2D eigenvalue weighted by Gasteiger charge is -2.10. The van der Waals surface area contributed by atoms with Gasteiger partial charge in [0, 0.05) is 11.8 Å². The van der Waals surface area contributed by atoms with Crippen molar-refractivity contribution in [3.63, 3.8) is 0 Å². The molecule has 7 nitrogen and oxygen atoms in total. The van der Waals surface area contributed by atoms with E-state index in [2.05, 4.69) is 10.3 Å². The van der Waals surface area contributed by atoms with Crippen LogP contribution in [0.25, 0.3) is 16.6 Å². The van der Waals surface area contributed by atoms with Crippen molar-refractivity contribution in [2.24, 2.45) is 0 Å². The van der Waals surface area contributed by atoms with Crippen molar-refractivity contribution in [2.45, 2.75) is 6.42 Å². The molecule has 0 fully saturated rings. The molecule has 0 bridgehead atoms. The predicted molar refractivity (Wildman–Crippen MR) is 94.9 cm³/mol. The third-order valence-electron chi connectivity index (χ3n) is 3.74. The number of aromatic hydroxyl groups is 1. The summed E-state index contributed by atoms with van der Waals surface area (Å²) in [5.74, 6) is 1.12. The van der Waals surface area contributed by atoms with Crippen molar-refractivity contribution < 1.29 is 15.1 Å². The van der Waals surface area contributed by atoms with Gasteiger partial charge in [0.15, 0.2) is 0 Å². The van der Waals surface area contributed by atoms with Gasteiger partial charge in [-0.2, -0.15) is 11.8 Å². The molecule has 0 aliphatic heterocycles. The number of anilines is 1. The Morgan fingerprint density at radius 3 is 2.92 bits per heavy atom.